The van der Waals surface area contributed by atoms with Crippen LogP contribution in [0.25, 0.3) is 0 Å². The number of aryl methyl sites for hydroxylation is 1. The molecular formula is C22H26N2O4S. The summed E-state index contributed by atoms with van der Waals surface area (Å²) in [4.78, 5) is 15.1. The molecule has 1 N–H and O–H groups in total. The molecule has 0 aromatic heterocycles. The number of benzene rings is 2. The van der Waals surface area contributed by atoms with Crippen molar-refractivity contribution in [3.63, 3.8) is 0 Å². The Hall–Kier alpha value is -2.54. The first-order valence-electron chi connectivity index (χ1n) is 10.1. The van der Waals surface area contributed by atoms with Gasteiger partial charge < -0.3 is 9.64 Å². The Labute approximate surface area is 171 Å². The van der Waals surface area contributed by atoms with Crippen LogP contribution in [-0.2, 0) is 16.4 Å². The average Bonchev–Trinajstić information content (AvgIpc) is 2.73. The average molecular weight is 415 g/mol. The number of nitrogens with one attached hydrogen (secondary N) is 1. The van der Waals surface area contributed by atoms with Crippen LogP contribution < -0.4 is 9.46 Å². The fraction of sp³-hybridized carbons (Fsp3) is 0.409. The van der Waals surface area contributed by atoms with Crippen LogP contribution >= 0.6 is 0 Å². The van der Waals surface area contributed by atoms with E-state index in [0.29, 0.717) is 30.0 Å². The number of hydrogen-bond acceptors (Lipinski definition) is 4. The molecule has 2 aromatic rings. The lowest BCUT2D eigenvalue weighted by Gasteiger charge is -2.37. The summed E-state index contributed by atoms with van der Waals surface area (Å²) in [6.07, 6.45) is 4.39. The Morgan fingerprint density at radius 2 is 1.90 bits per heavy atom. The van der Waals surface area contributed by atoms with Gasteiger partial charge in [-0.2, -0.15) is 0 Å². The third-order valence-corrected chi connectivity index (χ3v) is 6.87. The van der Waals surface area contributed by atoms with Gasteiger partial charge in [-0.1, -0.05) is 30.3 Å². The van der Waals surface area contributed by atoms with E-state index >= 15 is 0 Å². The second-order valence-corrected chi connectivity index (χ2v) is 9.49. The summed E-state index contributed by atoms with van der Waals surface area (Å²) in [5, 5.41) is 0. The zero-order valence-corrected chi connectivity index (χ0v) is 17.2. The number of anilines is 1. The minimum absolute atomic E-state index is 0.0211. The van der Waals surface area contributed by atoms with Crippen LogP contribution in [0.15, 0.2) is 48.5 Å². The molecule has 4 rings (SSSR count). The normalized spacial score (nSPS) is 19.4. The van der Waals surface area contributed by atoms with Crippen LogP contribution in [0.2, 0.25) is 0 Å². The van der Waals surface area contributed by atoms with E-state index in [1.165, 1.54) is 0 Å². The van der Waals surface area contributed by atoms with E-state index < -0.39 is 10.0 Å². The molecule has 1 fully saturated rings. The van der Waals surface area contributed by atoms with Gasteiger partial charge in [0.15, 0.2) is 0 Å². The third-order valence-electron chi connectivity index (χ3n) is 5.58. The summed E-state index contributed by atoms with van der Waals surface area (Å²) >= 11 is 0. The number of ether oxygens (including phenoxy) is 1. The maximum atomic E-state index is 13.1. The first-order chi connectivity index (χ1) is 14.0. The van der Waals surface area contributed by atoms with Crippen LogP contribution in [0.5, 0.6) is 5.75 Å². The Kier molecular flexibility index (Phi) is 5.76. The van der Waals surface area contributed by atoms with Crippen molar-refractivity contribution in [2.45, 2.75) is 38.1 Å². The number of amides is 1. The molecule has 1 atom stereocenters. The fourth-order valence-electron chi connectivity index (χ4n) is 4.04. The molecule has 0 bridgehead atoms. The van der Waals surface area contributed by atoms with Gasteiger partial charge in [-0.25, -0.2) is 8.42 Å². The maximum absolute atomic E-state index is 13.1. The molecule has 1 unspecified atom stereocenters. The van der Waals surface area contributed by atoms with E-state index in [4.69, 9.17) is 4.74 Å². The zero-order valence-electron chi connectivity index (χ0n) is 16.3. The van der Waals surface area contributed by atoms with Gasteiger partial charge in [0.1, 0.15) is 5.75 Å². The lowest BCUT2D eigenvalue weighted by Crippen LogP contribution is -2.45. The topological polar surface area (TPSA) is 75.7 Å². The summed E-state index contributed by atoms with van der Waals surface area (Å²) in [6.45, 7) is 1.31. The van der Waals surface area contributed by atoms with Gasteiger partial charge in [-0.15, -0.1) is 0 Å². The van der Waals surface area contributed by atoms with E-state index in [1.807, 2.05) is 35.2 Å². The van der Waals surface area contributed by atoms with Crippen molar-refractivity contribution in [3.05, 3.63) is 59.7 Å². The number of sulfonamides is 1. The molecule has 0 spiro atoms. The summed E-state index contributed by atoms with van der Waals surface area (Å²) in [7, 11) is -3.53. The van der Waals surface area contributed by atoms with Crippen LogP contribution in [0.1, 0.15) is 41.6 Å². The Balaban J connectivity index is 1.51. The predicted octanol–water partition coefficient (Wildman–Crippen LogP) is 3.45. The molecule has 0 aliphatic carbocycles. The summed E-state index contributed by atoms with van der Waals surface area (Å²) in [5.74, 6) is 0.424. The molecule has 29 heavy (non-hydrogen) atoms. The summed E-state index contributed by atoms with van der Waals surface area (Å²) in [5.41, 5.74) is 1.79. The highest BCUT2D eigenvalue weighted by Crippen LogP contribution is 2.31. The van der Waals surface area contributed by atoms with Gasteiger partial charge in [0.05, 0.1) is 17.9 Å². The molecule has 2 heterocycles. The highest BCUT2D eigenvalue weighted by Gasteiger charge is 2.31. The number of hydrogen-bond donors (Lipinski definition) is 1. The number of fused-ring (bicyclic) bond motifs is 2. The quantitative estimate of drug-likeness (QED) is 0.813. The Bertz CT molecular complexity index is 976. The van der Waals surface area contributed by atoms with Gasteiger partial charge in [-0.3, -0.25) is 9.52 Å². The lowest BCUT2D eigenvalue weighted by atomic mass is 9.97. The second kappa shape index (κ2) is 8.45. The minimum atomic E-state index is -3.53. The number of piperidine rings is 1. The molecule has 2 aliphatic rings. The molecule has 0 radical (unpaired) electrons. The van der Waals surface area contributed by atoms with Gasteiger partial charge in [0, 0.05) is 24.7 Å². The predicted molar refractivity (Wildman–Crippen MR) is 113 cm³/mol. The lowest BCUT2D eigenvalue weighted by molar-refractivity contribution is 0.0548. The van der Waals surface area contributed by atoms with Crippen LogP contribution in [-0.4, -0.2) is 44.2 Å². The minimum Gasteiger partial charge on any atom is -0.493 e. The van der Waals surface area contributed by atoms with Crippen molar-refractivity contribution in [3.8, 4) is 5.75 Å². The van der Waals surface area contributed by atoms with Crippen molar-refractivity contribution in [1.29, 1.82) is 0 Å². The number of nitrogens with zero attached hydrogens (tertiary/aromatic N) is 1. The van der Waals surface area contributed by atoms with Crippen molar-refractivity contribution < 1.29 is 17.9 Å². The van der Waals surface area contributed by atoms with E-state index in [-0.39, 0.29) is 17.7 Å². The number of carbonyl (C=O) groups is 1. The second-order valence-electron chi connectivity index (χ2n) is 7.65. The van der Waals surface area contributed by atoms with E-state index in [9.17, 15) is 13.2 Å². The number of rotatable bonds is 5. The Morgan fingerprint density at radius 1 is 1.07 bits per heavy atom. The highest BCUT2D eigenvalue weighted by molar-refractivity contribution is 7.92. The molecule has 2 aromatic carbocycles. The zero-order chi connectivity index (χ0) is 20.3. The summed E-state index contributed by atoms with van der Waals surface area (Å²) < 4.78 is 33.5. The van der Waals surface area contributed by atoms with Gasteiger partial charge in [0.2, 0.25) is 10.0 Å². The van der Waals surface area contributed by atoms with Crippen molar-refractivity contribution in [2.75, 3.05) is 23.6 Å². The van der Waals surface area contributed by atoms with Crippen molar-refractivity contribution in [1.82, 2.24) is 4.90 Å². The number of carbonyl (C=O) groups excluding carboxylic acids is 1. The maximum Gasteiger partial charge on any atom is 0.257 e. The molecular weight excluding hydrogens is 388 g/mol. The van der Waals surface area contributed by atoms with Gasteiger partial charge in [-0.05, 0) is 49.4 Å². The van der Waals surface area contributed by atoms with E-state index in [2.05, 4.69) is 4.72 Å². The summed E-state index contributed by atoms with van der Waals surface area (Å²) in [6, 6.07) is 14.7. The molecule has 1 saturated heterocycles. The molecule has 1 amide bonds. The Morgan fingerprint density at radius 3 is 2.72 bits per heavy atom. The third kappa shape index (κ3) is 4.72. The fourth-order valence-corrected chi connectivity index (χ4v) is 5.13. The van der Waals surface area contributed by atoms with E-state index in [1.54, 1.807) is 18.2 Å². The first kappa shape index (κ1) is 19.8. The molecule has 154 valence electrons. The molecule has 2 aliphatic heterocycles. The first-order valence-corrected chi connectivity index (χ1v) is 11.8. The van der Waals surface area contributed by atoms with Crippen LogP contribution in [0, 0.1) is 0 Å². The SMILES string of the molecule is O=C1c2cc(NS(=O)(=O)CCc3ccccc3)ccc2OCCC2CCCCN12. The van der Waals surface area contributed by atoms with Gasteiger partial charge >= 0.3 is 0 Å². The molecule has 7 heteroatoms. The largest absolute Gasteiger partial charge is 0.493 e. The van der Waals surface area contributed by atoms with Crippen LogP contribution in [0.4, 0.5) is 5.69 Å². The van der Waals surface area contributed by atoms with Gasteiger partial charge in [0.25, 0.3) is 5.91 Å². The molecule has 6 nitrogen and oxygen atoms in total. The standard InChI is InChI=1S/C22H26N2O4S/c25-22-20-16-18(23-29(26,27)15-12-17-6-2-1-3-7-17)9-10-21(20)28-14-11-19-8-4-5-13-24(19)22/h1-3,6-7,9-10,16,19,23H,4-5,8,11-15H2. The van der Waals surface area contributed by atoms with E-state index in [0.717, 1.165) is 37.8 Å². The molecule has 0 saturated carbocycles. The highest BCUT2D eigenvalue weighted by atomic mass is 32.2. The smallest absolute Gasteiger partial charge is 0.257 e. The van der Waals surface area contributed by atoms with Crippen molar-refractivity contribution >= 4 is 21.6 Å². The van der Waals surface area contributed by atoms with Crippen LogP contribution in [0.3, 0.4) is 0 Å². The van der Waals surface area contributed by atoms with Crippen molar-refractivity contribution in [2.24, 2.45) is 0 Å². The monoisotopic (exact) mass is 414 g/mol.